The Hall–Kier alpha value is -0.930. The lowest BCUT2D eigenvalue weighted by Gasteiger charge is -2.38. The van der Waals surface area contributed by atoms with E-state index in [1.807, 2.05) is 16.8 Å². The highest BCUT2D eigenvalue weighted by Gasteiger charge is 2.51. The highest BCUT2D eigenvalue weighted by Crippen LogP contribution is 2.28. The molecule has 12 heteroatoms. The molecule has 3 saturated heterocycles. The largest absolute Gasteiger partial charge is 0.480 e. The number of aliphatic hydroxyl groups excluding tert-OH is 2. The van der Waals surface area contributed by atoms with Gasteiger partial charge in [0.25, 0.3) is 0 Å². The molecule has 3 aliphatic heterocycles. The van der Waals surface area contributed by atoms with E-state index in [0.29, 0.717) is 39.3 Å². The smallest absolute Gasteiger partial charge is 0.320 e. The highest BCUT2D eigenvalue weighted by molar-refractivity contribution is 5.72. The molecule has 0 aromatic carbocycles. The molecule has 162 valence electrons. The molecule has 3 heterocycles. The number of hydrogen-bond donors (Lipinski definition) is 8. The quantitative estimate of drug-likeness (QED) is 0.195. The van der Waals surface area contributed by atoms with Crippen LogP contribution in [0.15, 0.2) is 0 Å². The van der Waals surface area contributed by atoms with Gasteiger partial charge in [0.2, 0.25) is 0 Å². The van der Waals surface area contributed by atoms with Crippen LogP contribution in [0.1, 0.15) is 12.8 Å². The van der Waals surface area contributed by atoms with Crippen molar-refractivity contribution >= 4 is 5.97 Å². The maximum Gasteiger partial charge on any atom is 0.320 e. The molecule has 12 nitrogen and oxygen atoms in total. The van der Waals surface area contributed by atoms with E-state index in [9.17, 15) is 15.0 Å². The predicted molar refractivity (Wildman–Crippen MR) is 99.5 cm³/mol. The number of fused-ring (bicyclic) bond motifs is 1. The maximum absolute atomic E-state index is 10.8. The molecule has 0 spiro atoms. The van der Waals surface area contributed by atoms with Gasteiger partial charge in [-0.1, -0.05) is 0 Å². The first-order valence-corrected chi connectivity index (χ1v) is 9.69. The number of hydrogen-bond acceptors (Lipinski definition) is 11. The number of nitrogens with one attached hydrogen (secondary N) is 3. The molecule has 3 unspecified atom stereocenters. The van der Waals surface area contributed by atoms with Crippen molar-refractivity contribution in [1.82, 2.24) is 25.8 Å². The Morgan fingerprint density at radius 1 is 1.32 bits per heavy atom. The number of ether oxygens (including phenoxy) is 1. The molecular formula is C16H33N7O5. The van der Waals surface area contributed by atoms with Crippen LogP contribution in [-0.2, 0) is 9.53 Å². The fraction of sp³-hybridized carbons (Fsp3) is 0.938. The van der Waals surface area contributed by atoms with Crippen molar-refractivity contribution in [3.8, 4) is 0 Å². The minimum Gasteiger partial charge on any atom is -0.480 e. The zero-order valence-corrected chi connectivity index (χ0v) is 16.1. The summed E-state index contributed by atoms with van der Waals surface area (Å²) in [4.78, 5) is 14.7. The summed E-state index contributed by atoms with van der Waals surface area (Å²) in [6, 6.07) is -0.894. The molecule has 10 N–H and O–H groups in total. The van der Waals surface area contributed by atoms with E-state index in [1.54, 1.807) is 0 Å². The molecule has 0 aromatic heterocycles. The van der Waals surface area contributed by atoms with Crippen LogP contribution in [0.2, 0.25) is 0 Å². The second-order valence-electron chi connectivity index (χ2n) is 7.85. The second kappa shape index (κ2) is 9.26. The van der Waals surface area contributed by atoms with E-state index >= 15 is 0 Å². The number of carbonyl (C=O) groups is 1. The fourth-order valence-corrected chi connectivity index (χ4v) is 4.11. The van der Waals surface area contributed by atoms with Crippen molar-refractivity contribution in [3.63, 3.8) is 0 Å². The van der Waals surface area contributed by atoms with E-state index in [-0.39, 0.29) is 18.4 Å². The Labute approximate surface area is 164 Å². The lowest BCUT2D eigenvalue weighted by molar-refractivity contribution is -0.138. The van der Waals surface area contributed by atoms with Crippen molar-refractivity contribution in [2.24, 2.45) is 11.5 Å². The summed E-state index contributed by atoms with van der Waals surface area (Å²) in [5.41, 5.74) is 11.6. The van der Waals surface area contributed by atoms with Crippen molar-refractivity contribution in [1.29, 1.82) is 0 Å². The molecular weight excluding hydrogens is 370 g/mol. The van der Waals surface area contributed by atoms with Gasteiger partial charge in [-0.15, -0.1) is 0 Å². The van der Waals surface area contributed by atoms with Crippen molar-refractivity contribution < 1.29 is 24.9 Å². The first kappa shape index (κ1) is 21.8. The third-order valence-electron chi connectivity index (χ3n) is 5.77. The Bertz CT molecular complexity index is 544. The van der Waals surface area contributed by atoms with Gasteiger partial charge < -0.3 is 36.4 Å². The summed E-state index contributed by atoms with van der Waals surface area (Å²) >= 11 is 0. The average Bonchev–Trinajstić information content (AvgIpc) is 3.19. The van der Waals surface area contributed by atoms with Crippen LogP contribution >= 0.6 is 0 Å². The van der Waals surface area contributed by atoms with E-state index in [0.717, 1.165) is 0 Å². The molecule has 3 fully saturated rings. The van der Waals surface area contributed by atoms with Gasteiger partial charge in [0.15, 0.2) is 0 Å². The van der Waals surface area contributed by atoms with Crippen LogP contribution in [0.5, 0.6) is 0 Å². The molecule has 0 aromatic rings. The molecule has 0 radical (unpaired) electrons. The highest BCUT2D eigenvalue weighted by atomic mass is 16.6. The Morgan fingerprint density at radius 2 is 2.07 bits per heavy atom. The number of carboxylic acid groups (broad SMARTS) is 1. The zero-order valence-electron chi connectivity index (χ0n) is 16.1. The number of nitrogens with zero attached hydrogens (tertiary/aromatic N) is 2. The normalized spacial score (nSPS) is 40.0. The summed E-state index contributed by atoms with van der Waals surface area (Å²) < 4.78 is 6.01. The van der Waals surface area contributed by atoms with Crippen LogP contribution in [0.4, 0.5) is 0 Å². The first-order valence-electron chi connectivity index (χ1n) is 9.69. The van der Waals surface area contributed by atoms with Crippen LogP contribution in [-0.4, -0.2) is 114 Å². The lowest BCUT2D eigenvalue weighted by atomic mass is 10.1. The van der Waals surface area contributed by atoms with E-state index in [4.69, 9.17) is 21.3 Å². The van der Waals surface area contributed by atoms with Crippen LogP contribution in [0.3, 0.4) is 0 Å². The average molecular weight is 403 g/mol. The molecule has 3 aliphatic rings. The van der Waals surface area contributed by atoms with Gasteiger partial charge in [-0.2, -0.15) is 0 Å². The molecule has 8 atom stereocenters. The van der Waals surface area contributed by atoms with Gasteiger partial charge in [0.1, 0.15) is 30.6 Å². The summed E-state index contributed by atoms with van der Waals surface area (Å²) in [5, 5.41) is 39.6. The van der Waals surface area contributed by atoms with Gasteiger partial charge in [-0.3, -0.25) is 20.7 Å². The minimum absolute atomic E-state index is 0.0261. The van der Waals surface area contributed by atoms with Crippen molar-refractivity contribution in [3.05, 3.63) is 0 Å². The number of carboxylic acids is 1. The third kappa shape index (κ3) is 4.62. The Balaban J connectivity index is 1.50. The zero-order chi connectivity index (χ0) is 20.4. The van der Waals surface area contributed by atoms with Crippen molar-refractivity contribution in [2.45, 2.75) is 61.8 Å². The van der Waals surface area contributed by atoms with Gasteiger partial charge in [0, 0.05) is 13.2 Å². The summed E-state index contributed by atoms with van der Waals surface area (Å²) in [6.07, 6.45) is -2.55. The molecule has 0 aliphatic carbocycles. The van der Waals surface area contributed by atoms with Gasteiger partial charge in [-0.05, 0) is 26.4 Å². The SMILES string of the molecule is CN(CCC[C@@H](N)C(=O)O)C[C@H]1O[C@@H](N2CNC3C(N)NCNC32)[C@H](O)[C@@H]1O. The fourth-order valence-electron chi connectivity index (χ4n) is 4.11. The minimum atomic E-state index is -1.03. The van der Waals surface area contributed by atoms with Crippen molar-refractivity contribution in [2.75, 3.05) is 33.5 Å². The maximum atomic E-state index is 10.8. The predicted octanol–water partition coefficient (Wildman–Crippen LogP) is -4.45. The lowest BCUT2D eigenvalue weighted by Crippen LogP contribution is -2.68. The topological polar surface area (TPSA) is 182 Å². The monoisotopic (exact) mass is 403 g/mol. The number of nitrogens with two attached hydrogens (primary N) is 2. The molecule has 0 amide bonds. The number of aliphatic hydroxyl groups is 2. The van der Waals surface area contributed by atoms with E-state index in [2.05, 4.69) is 16.0 Å². The molecule has 3 rings (SSSR count). The summed E-state index contributed by atoms with van der Waals surface area (Å²) in [5.74, 6) is -1.01. The van der Waals surface area contributed by atoms with Crippen LogP contribution < -0.4 is 27.4 Å². The second-order valence-corrected chi connectivity index (χ2v) is 7.85. The van der Waals surface area contributed by atoms with Crippen LogP contribution in [0, 0.1) is 0 Å². The number of rotatable bonds is 8. The first-order chi connectivity index (χ1) is 13.3. The molecule has 0 bridgehead atoms. The van der Waals surface area contributed by atoms with Gasteiger partial charge in [0.05, 0.1) is 25.0 Å². The van der Waals surface area contributed by atoms with Gasteiger partial charge >= 0.3 is 5.97 Å². The Morgan fingerprint density at radius 3 is 2.79 bits per heavy atom. The van der Waals surface area contributed by atoms with Gasteiger partial charge in [-0.25, -0.2) is 4.90 Å². The summed E-state index contributed by atoms with van der Waals surface area (Å²) in [6.45, 7) is 2.07. The van der Waals surface area contributed by atoms with E-state index in [1.165, 1.54) is 0 Å². The third-order valence-corrected chi connectivity index (χ3v) is 5.77. The number of likely N-dealkylation sites (N-methyl/N-ethyl adjacent to an activating group) is 1. The molecule has 28 heavy (non-hydrogen) atoms. The van der Waals surface area contributed by atoms with E-state index < -0.39 is 36.6 Å². The Kier molecular flexibility index (Phi) is 7.20. The standard InChI is InChI=1S/C16H33N7O5/c1-22(4-2-3-8(17)16(26)27)5-9-11(24)12(25)15(28-9)23-7-21-10-13(18)19-6-20-14(10)23/h8-15,19-21,24-25H,2-7,17-18H2,1H3,(H,26,27)/t8-,9-,10?,11-,12-,13?,14?,15-/m1/s1. The number of aliphatic carboxylic acids is 1. The van der Waals surface area contributed by atoms with Crippen LogP contribution in [0.25, 0.3) is 0 Å². The summed E-state index contributed by atoms with van der Waals surface area (Å²) in [7, 11) is 1.86. The molecule has 0 saturated carbocycles.